The minimum Gasteiger partial charge on any atom is -0.492 e. The van der Waals surface area contributed by atoms with Gasteiger partial charge in [0.15, 0.2) is 10.8 Å². The summed E-state index contributed by atoms with van der Waals surface area (Å²) in [5.74, 6) is -1.55. The third-order valence-corrected chi connectivity index (χ3v) is 11.1. The summed E-state index contributed by atoms with van der Waals surface area (Å²) < 4.78 is 62.4. The van der Waals surface area contributed by atoms with E-state index in [1.807, 2.05) is 46.2 Å². The van der Waals surface area contributed by atoms with E-state index in [-0.39, 0.29) is 54.1 Å². The van der Waals surface area contributed by atoms with Gasteiger partial charge >= 0.3 is 18.1 Å². The second kappa shape index (κ2) is 17.3. The van der Waals surface area contributed by atoms with Gasteiger partial charge in [-0.25, -0.2) is 14.8 Å². The Balaban J connectivity index is 1.15. The first-order valence-corrected chi connectivity index (χ1v) is 20.1. The van der Waals surface area contributed by atoms with Crippen molar-refractivity contribution >= 4 is 50.3 Å². The number of para-hydroxylation sites is 1. The van der Waals surface area contributed by atoms with Crippen molar-refractivity contribution < 1.29 is 41.8 Å². The van der Waals surface area contributed by atoms with Crippen LogP contribution < -0.4 is 15.0 Å². The van der Waals surface area contributed by atoms with E-state index in [0.717, 1.165) is 21.3 Å². The monoisotopic (exact) mass is 830 g/mol. The van der Waals surface area contributed by atoms with Gasteiger partial charge in [-0.05, 0) is 74.7 Å². The molecule has 0 bridgehead atoms. The maximum Gasteiger partial charge on any atom is 0.420 e. The van der Waals surface area contributed by atoms with E-state index in [1.54, 1.807) is 32.9 Å². The quantitative estimate of drug-likeness (QED) is 0.135. The molecule has 0 unspecified atom stereocenters. The van der Waals surface area contributed by atoms with Crippen molar-refractivity contribution in [3.63, 3.8) is 0 Å². The van der Waals surface area contributed by atoms with Crippen LogP contribution >= 0.6 is 11.3 Å². The number of amides is 1. The average molecular weight is 831 g/mol. The summed E-state index contributed by atoms with van der Waals surface area (Å²) in [5.41, 5.74) is 0.387. The zero-order chi connectivity index (χ0) is 41.9. The maximum atomic E-state index is 15.0. The van der Waals surface area contributed by atoms with Gasteiger partial charge in [0.2, 0.25) is 0 Å². The van der Waals surface area contributed by atoms with Crippen molar-refractivity contribution in [2.45, 2.75) is 45.5 Å². The molecule has 1 amide bonds. The standard InChI is InChI=1S/C43H45F3N6O6S/c1-42(2,3)58-40(55)38-29(28-10-8-13-33(37(28)43(44,45)46)57-24-23-50-19-21-51(22-20-50)26-36(53)56-4)15-16-35(48-38)52-18-17-27-9-7-11-30(31(27)25-52)39(54)49-41-47-32-12-5-6-14-34(32)59-41/h5-16H,17-26H2,1-4H3,(H,47,49,54). The Hall–Kier alpha value is -5.58. The second-order valence-electron chi connectivity index (χ2n) is 15.3. The van der Waals surface area contributed by atoms with Crippen LogP contribution in [0, 0.1) is 0 Å². The predicted octanol–water partition coefficient (Wildman–Crippen LogP) is 7.32. The number of hydrogen-bond donors (Lipinski definition) is 1. The molecular weight excluding hydrogens is 786 g/mol. The van der Waals surface area contributed by atoms with E-state index in [4.69, 9.17) is 19.2 Å². The van der Waals surface area contributed by atoms with E-state index in [9.17, 15) is 14.4 Å². The van der Waals surface area contributed by atoms with Gasteiger partial charge in [-0.3, -0.25) is 24.7 Å². The van der Waals surface area contributed by atoms with Crippen LogP contribution in [-0.2, 0) is 33.4 Å². The fraction of sp³-hybridized carbons (Fsp3) is 0.372. The summed E-state index contributed by atoms with van der Waals surface area (Å²) in [6.07, 6.45) is -4.29. The molecule has 4 heterocycles. The number of carbonyl (C=O) groups excluding carboxylic acids is 3. The zero-order valence-electron chi connectivity index (χ0n) is 33.2. The van der Waals surface area contributed by atoms with Crippen LogP contribution in [0.2, 0.25) is 0 Å². The van der Waals surface area contributed by atoms with E-state index in [2.05, 4.69) is 15.2 Å². The molecule has 1 saturated heterocycles. The number of benzene rings is 3. The van der Waals surface area contributed by atoms with Crippen LogP contribution in [0.5, 0.6) is 5.75 Å². The number of hydrogen-bond acceptors (Lipinski definition) is 12. The number of methoxy groups -OCH3 is 1. The van der Waals surface area contributed by atoms with Gasteiger partial charge in [0.05, 0.1) is 23.9 Å². The lowest BCUT2D eigenvalue weighted by Gasteiger charge is -2.33. The number of piperazine rings is 1. The topological polar surface area (TPSA) is 126 Å². The van der Waals surface area contributed by atoms with E-state index >= 15 is 13.2 Å². The van der Waals surface area contributed by atoms with Crippen LogP contribution in [0.1, 0.15) is 58.3 Å². The lowest BCUT2D eigenvalue weighted by Crippen LogP contribution is -2.48. The molecule has 3 aromatic carbocycles. The lowest BCUT2D eigenvalue weighted by atomic mass is 9.94. The summed E-state index contributed by atoms with van der Waals surface area (Å²) in [7, 11) is 1.34. The highest BCUT2D eigenvalue weighted by molar-refractivity contribution is 7.22. The first-order chi connectivity index (χ1) is 28.2. The Morgan fingerprint density at radius 1 is 0.847 bits per heavy atom. The molecule has 2 aliphatic heterocycles. The minimum atomic E-state index is -4.85. The van der Waals surface area contributed by atoms with Crippen LogP contribution in [0.25, 0.3) is 21.3 Å². The van der Waals surface area contributed by atoms with Gasteiger partial charge in [0.25, 0.3) is 5.91 Å². The second-order valence-corrected chi connectivity index (χ2v) is 16.4. The van der Waals surface area contributed by atoms with Gasteiger partial charge in [-0.1, -0.05) is 47.7 Å². The number of aromatic nitrogens is 2. The molecule has 0 atom stereocenters. The zero-order valence-corrected chi connectivity index (χ0v) is 34.0. The van der Waals surface area contributed by atoms with Crippen molar-refractivity contribution in [2.75, 3.05) is 69.7 Å². The molecule has 310 valence electrons. The van der Waals surface area contributed by atoms with E-state index < -0.39 is 23.3 Å². The Kier molecular flexibility index (Phi) is 12.2. The number of anilines is 2. The van der Waals surface area contributed by atoms with Crippen molar-refractivity contribution in [1.29, 1.82) is 0 Å². The normalized spacial score (nSPS) is 15.1. The average Bonchev–Trinajstić information content (AvgIpc) is 3.62. The van der Waals surface area contributed by atoms with Gasteiger partial charge in [-0.2, -0.15) is 13.2 Å². The Bertz CT molecular complexity index is 2320. The molecule has 5 aromatic rings. The smallest absolute Gasteiger partial charge is 0.420 e. The first-order valence-electron chi connectivity index (χ1n) is 19.3. The molecule has 0 spiro atoms. The predicted molar refractivity (Wildman–Crippen MR) is 219 cm³/mol. The van der Waals surface area contributed by atoms with Crippen LogP contribution in [0.4, 0.5) is 24.1 Å². The Morgan fingerprint density at radius 2 is 1.59 bits per heavy atom. The Labute approximate surface area is 343 Å². The molecule has 1 fully saturated rings. The highest BCUT2D eigenvalue weighted by Crippen LogP contribution is 2.44. The number of alkyl halides is 3. The number of esters is 2. The summed E-state index contributed by atoms with van der Waals surface area (Å²) in [6.45, 7) is 8.75. The molecular formula is C43H45F3N6O6S. The van der Waals surface area contributed by atoms with Crippen LogP contribution in [0.15, 0.2) is 72.8 Å². The maximum absolute atomic E-state index is 15.0. The number of rotatable bonds is 11. The Morgan fingerprint density at radius 3 is 2.32 bits per heavy atom. The number of ether oxygens (including phenoxy) is 3. The van der Waals surface area contributed by atoms with Gasteiger partial charge in [0.1, 0.15) is 29.3 Å². The lowest BCUT2D eigenvalue weighted by molar-refractivity contribution is -0.142. The molecule has 59 heavy (non-hydrogen) atoms. The highest BCUT2D eigenvalue weighted by Gasteiger charge is 2.39. The van der Waals surface area contributed by atoms with Gasteiger partial charge in [-0.15, -0.1) is 0 Å². The van der Waals surface area contributed by atoms with Crippen molar-refractivity contribution in [1.82, 2.24) is 19.8 Å². The SMILES string of the molecule is COC(=O)CN1CCN(CCOc2cccc(-c3ccc(N4CCc5cccc(C(=O)Nc6nc7ccccc7s6)c5C4)nc3C(=O)OC(C)(C)C)c2C(F)(F)F)CC1. The number of fused-ring (bicyclic) bond motifs is 2. The third-order valence-electron chi connectivity index (χ3n) is 10.1. The van der Waals surface area contributed by atoms with Crippen molar-refractivity contribution in [3.8, 4) is 16.9 Å². The van der Waals surface area contributed by atoms with Crippen molar-refractivity contribution in [2.24, 2.45) is 0 Å². The number of nitrogens with zero attached hydrogens (tertiary/aromatic N) is 5. The van der Waals surface area contributed by atoms with E-state index in [1.165, 1.54) is 42.7 Å². The molecule has 0 aliphatic carbocycles. The highest BCUT2D eigenvalue weighted by atomic mass is 32.1. The molecule has 0 saturated carbocycles. The minimum absolute atomic E-state index is 0.0172. The molecule has 12 nitrogen and oxygen atoms in total. The number of halogens is 3. The number of carbonyl (C=O) groups is 3. The molecule has 2 aromatic heterocycles. The van der Waals surface area contributed by atoms with Crippen LogP contribution in [-0.4, -0.2) is 103 Å². The van der Waals surface area contributed by atoms with Gasteiger partial charge in [0, 0.05) is 62.5 Å². The summed E-state index contributed by atoms with van der Waals surface area (Å²) in [6, 6.07) is 20.2. The molecule has 1 N–H and O–H groups in total. The summed E-state index contributed by atoms with van der Waals surface area (Å²) in [5, 5.41) is 3.41. The van der Waals surface area contributed by atoms with Crippen molar-refractivity contribution in [3.05, 3.63) is 101 Å². The van der Waals surface area contributed by atoms with Crippen LogP contribution in [0.3, 0.4) is 0 Å². The summed E-state index contributed by atoms with van der Waals surface area (Å²) in [4.78, 5) is 54.3. The molecule has 0 radical (unpaired) electrons. The number of thiazole rings is 1. The molecule has 2 aliphatic rings. The van der Waals surface area contributed by atoms with E-state index in [0.29, 0.717) is 62.2 Å². The number of pyridine rings is 1. The molecule has 7 rings (SSSR count). The molecule has 16 heteroatoms. The first kappa shape index (κ1) is 41.6. The summed E-state index contributed by atoms with van der Waals surface area (Å²) >= 11 is 1.38. The fourth-order valence-electron chi connectivity index (χ4n) is 7.27. The van der Waals surface area contributed by atoms with Gasteiger partial charge < -0.3 is 19.1 Å². The largest absolute Gasteiger partial charge is 0.492 e. The third kappa shape index (κ3) is 9.83. The number of nitrogens with one attached hydrogen (secondary N) is 1. The fourth-order valence-corrected chi connectivity index (χ4v) is 8.14.